The van der Waals surface area contributed by atoms with Gasteiger partial charge in [0.05, 0.1) is 5.56 Å². The first kappa shape index (κ1) is 12.2. The average Bonchev–Trinajstić information content (AvgIpc) is 3.23. The number of hydrogen-bond donors (Lipinski definition) is 0. The van der Waals surface area contributed by atoms with E-state index in [1.54, 1.807) is 12.1 Å². The summed E-state index contributed by atoms with van der Waals surface area (Å²) in [6.07, 6.45) is 3.36. The molecule has 0 N–H and O–H groups in total. The van der Waals surface area contributed by atoms with Crippen molar-refractivity contribution < 1.29 is 9.18 Å². The zero-order valence-corrected chi connectivity index (χ0v) is 10.7. The molecule has 1 saturated carbocycles. The Balaban J connectivity index is 2.09. The molecule has 0 saturated heterocycles. The maximum Gasteiger partial charge on any atom is 0.224 e. The zero-order chi connectivity index (χ0) is 13.4. The minimum atomic E-state index is -0.781. The number of halogens is 2. The summed E-state index contributed by atoms with van der Waals surface area (Å²) >= 11 is 5.84. The van der Waals surface area contributed by atoms with Crippen LogP contribution in [0.15, 0.2) is 30.5 Å². The first-order valence-corrected chi connectivity index (χ1v) is 6.36. The molecule has 1 aliphatic rings. The fraction of sp³-hybridized carbons (Fsp3) is 0.214. The second-order valence-electron chi connectivity index (χ2n) is 4.52. The Hall–Kier alpha value is -1.81. The standard InChI is InChI=1S/C14H10ClFN2O/c15-11-6-5-9(8-3-4-8)12(18-11)13(19)10-2-1-7-17-14(10)16/h1-2,5-8H,3-4H2. The maximum atomic E-state index is 13.6. The highest BCUT2D eigenvalue weighted by Crippen LogP contribution is 2.42. The van der Waals surface area contributed by atoms with Crippen LogP contribution in [0.25, 0.3) is 0 Å². The summed E-state index contributed by atoms with van der Waals surface area (Å²) in [4.78, 5) is 19.9. The lowest BCUT2D eigenvalue weighted by Crippen LogP contribution is -2.10. The van der Waals surface area contributed by atoms with Gasteiger partial charge >= 0.3 is 0 Å². The van der Waals surface area contributed by atoms with Crippen LogP contribution >= 0.6 is 11.6 Å². The highest BCUT2D eigenvalue weighted by molar-refractivity contribution is 6.29. The lowest BCUT2D eigenvalue weighted by molar-refractivity contribution is 0.102. The van der Waals surface area contributed by atoms with Crippen LogP contribution in [0.4, 0.5) is 4.39 Å². The Morgan fingerprint density at radius 1 is 1.32 bits per heavy atom. The second kappa shape index (κ2) is 4.70. The highest BCUT2D eigenvalue weighted by Gasteiger charge is 2.30. The Kier molecular flexibility index (Phi) is 3.03. The topological polar surface area (TPSA) is 42.9 Å². The van der Waals surface area contributed by atoms with E-state index in [4.69, 9.17) is 11.6 Å². The average molecular weight is 277 g/mol. The Morgan fingerprint density at radius 2 is 2.11 bits per heavy atom. The SMILES string of the molecule is O=C(c1cccnc1F)c1nc(Cl)ccc1C1CC1. The molecule has 2 aromatic heterocycles. The predicted molar refractivity (Wildman–Crippen MR) is 68.8 cm³/mol. The van der Waals surface area contributed by atoms with Crippen LogP contribution in [-0.4, -0.2) is 15.8 Å². The number of carbonyl (C=O) groups is 1. The molecule has 5 heteroatoms. The van der Waals surface area contributed by atoms with Crippen molar-refractivity contribution in [2.24, 2.45) is 0 Å². The molecule has 0 radical (unpaired) electrons. The predicted octanol–water partition coefficient (Wildman–Crippen LogP) is 3.38. The van der Waals surface area contributed by atoms with Gasteiger partial charge in [0.15, 0.2) is 0 Å². The lowest BCUT2D eigenvalue weighted by Gasteiger charge is -2.07. The molecule has 0 aliphatic heterocycles. The van der Waals surface area contributed by atoms with Crippen LogP contribution in [0.1, 0.15) is 40.4 Å². The largest absolute Gasteiger partial charge is 0.287 e. The van der Waals surface area contributed by atoms with Gasteiger partial charge in [-0.15, -0.1) is 0 Å². The van der Waals surface area contributed by atoms with Gasteiger partial charge in [0.1, 0.15) is 10.8 Å². The van der Waals surface area contributed by atoms with Crippen molar-refractivity contribution in [1.29, 1.82) is 0 Å². The molecule has 96 valence electrons. The number of ketones is 1. The van der Waals surface area contributed by atoms with E-state index in [2.05, 4.69) is 9.97 Å². The molecule has 0 unspecified atom stereocenters. The van der Waals surface area contributed by atoms with E-state index in [-0.39, 0.29) is 16.4 Å². The number of rotatable bonds is 3. The van der Waals surface area contributed by atoms with E-state index < -0.39 is 11.7 Å². The molecule has 3 rings (SSSR count). The van der Waals surface area contributed by atoms with Crippen LogP contribution in [0, 0.1) is 5.95 Å². The van der Waals surface area contributed by atoms with E-state index in [0.29, 0.717) is 5.92 Å². The van der Waals surface area contributed by atoms with Gasteiger partial charge in [0, 0.05) is 6.20 Å². The number of hydrogen-bond acceptors (Lipinski definition) is 3. The van der Waals surface area contributed by atoms with Crippen molar-refractivity contribution in [3.63, 3.8) is 0 Å². The first-order chi connectivity index (χ1) is 9.16. The molecule has 0 atom stereocenters. The number of carbonyl (C=O) groups excluding carboxylic acids is 1. The molecule has 2 aromatic rings. The highest BCUT2D eigenvalue weighted by atomic mass is 35.5. The summed E-state index contributed by atoms with van der Waals surface area (Å²) < 4.78 is 13.6. The third kappa shape index (κ3) is 2.36. The van der Waals surface area contributed by atoms with Gasteiger partial charge in [0.25, 0.3) is 0 Å². The van der Waals surface area contributed by atoms with Crippen molar-refractivity contribution in [3.05, 3.63) is 58.4 Å². The third-order valence-electron chi connectivity index (χ3n) is 3.13. The van der Waals surface area contributed by atoms with Crippen LogP contribution in [-0.2, 0) is 0 Å². The van der Waals surface area contributed by atoms with Gasteiger partial charge in [-0.2, -0.15) is 4.39 Å². The van der Waals surface area contributed by atoms with E-state index in [9.17, 15) is 9.18 Å². The summed E-state index contributed by atoms with van der Waals surface area (Å²) in [5.74, 6) is -0.908. The smallest absolute Gasteiger partial charge is 0.224 e. The second-order valence-corrected chi connectivity index (χ2v) is 4.90. The monoisotopic (exact) mass is 276 g/mol. The third-order valence-corrected chi connectivity index (χ3v) is 3.34. The molecule has 3 nitrogen and oxygen atoms in total. The van der Waals surface area contributed by atoms with Gasteiger partial charge < -0.3 is 0 Å². The molecule has 0 amide bonds. The van der Waals surface area contributed by atoms with Crippen molar-refractivity contribution >= 4 is 17.4 Å². The Bertz CT molecular complexity index is 656. The van der Waals surface area contributed by atoms with Crippen molar-refractivity contribution in [1.82, 2.24) is 9.97 Å². The van der Waals surface area contributed by atoms with Crippen LogP contribution in [0.5, 0.6) is 0 Å². The first-order valence-electron chi connectivity index (χ1n) is 5.98. The summed E-state index contributed by atoms with van der Waals surface area (Å²) in [6.45, 7) is 0. The van der Waals surface area contributed by atoms with Crippen LogP contribution in [0.2, 0.25) is 5.15 Å². The van der Waals surface area contributed by atoms with Gasteiger partial charge in [-0.1, -0.05) is 17.7 Å². The number of nitrogens with zero attached hydrogens (tertiary/aromatic N) is 2. The number of aromatic nitrogens is 2. The summed E-state index contributed by atoms with van der Waals surface area (Å²) in [6, 6.07) is 6.39. The van der Waals surface area contributed by atoms with Crippen LogP contribution < -0.4 is 0 Å². The number of pyridine rings is 2. The molecular formula is C14H10ClFN2O. The van der Waals surface area contributed by atoms with Crippen molar-refractivity contribution in [2.45, 2.75) is 18.8 Å². The van der Waals surface area contributed by atoms with Crippen molar-refractivity contribution in [2.75, 3.05) is 0 Å². The van der Waals surface area contributed by atoms with E-state index in [0.717, 1.165) is 18.4 Å². The Labute approximate surface area is 114 Å². The van der Waals surface area contributed by atoms with Gasteiger partial charge in [-0.05, 0) is 42.5 Å². The quantitative estimate of drug-likeness (QED) is 0.637. The van der Waals surface area contributed by atoms with Gasteiger partial charge in [-0.3, -0.25) is 4.79 Å². The summed E-state index contributed by atoms with van der Waals surface area (Å²) in [5.41, 5.74) is 1.01. The molecule has 2 heterocycles. The summed E-state index contributed by atoms with van der Waals surface area (Å²) in [5, 5.41) is 0.233. The fourth-order valence-corrected chi connectivity index (χ4v) is 2.18. The maximum absolute atomic E-state index is 13.6. The van der Waals surface area contributed by atoms with E-state index in [1.165, 1.54) is 18.3 Å². The molecule has 19 heavy (non-hydrogen) atoms. The van der Waals surface area contributed by atoms with Crippen molar-refractivity contribution in [3.8, 4) is 0 Å². The van der Waals surface area contributed by atoms with E-state index in [1.807, 2.05) is 0 Å². The molecule has 0 aromatic carbocycles. The van der Waals surface area contributed by atoms with Crippen LogP contribution in [0.3, 0.4) is 0 Å². The molecule has 0 spiro atoms. The van der Waals surface area contributed by atoms with Gasteiger partial charge in [-0.25, -0.2) is 9.97 Å². The molecule has 1 fully saturated rings. The fourth-order valence-electron chi connectivity index (χ4n) is 2.03. The summed E-state index contributed by atoms with van der Waals surface area (Å²) in [7, 11) is 0. The zero-order valence-electron chi connectivity index (χ0n) is 9.94. The molecule has 1 aliphatic carbocycles. The normalized spacial score (nSPS) is 14.4. The lowest BCUT2D eigenvalue weighted by atomic mass is 10.0. The van der Waals surface area contributed by atoms with Gasteiger partial charge in [0.2, 0.25) is 11.7 Å². The Morgan fingerprint density at radius 3 is 2.79 bits per heavy atom. The van der Waals surface area contributed by atoms with E-state index >= 15 is 0 Å². The minimum absolute atomic E-state index is 0.0702. The molecule has 0 bridgehead atoms. The molecular weight excluding hydrogens is 267 g/mol. The minimum Gasteiger partial charge on any atom is -0.287 e.